The molecule has 1 N–H and O–H groups in total. The molecule has 1 aromatic carbocycles. The van der Waals surface area contributed by atoms with E-state index in [1.807, 2.05) is 0 Å². The Hall–Kier alpha value is -1.99. The number of rotatable bonds is 5. The molecule has 0 spiro atoms. The maximum atomic E-state index is 13.3. The molecule has 0 aliphatic heterocycles. The maximum absolute atomic E-state index is 13.3. The summed E-state index contributed by atoms with van der Waals surface area (Å²) in [5.74, 6) is -3.55. The van der Waals surface area contributed by atoms with Crippen LogP contribution in [-0.2, 0) is 9.53 Å². The van der Waals surface area contributed by atoms with E-state index in [1.165, 1.54) is 18.4 Å². The molecule has 8 heteroatoms. The lowest BCUT2D eigenvalue weighted by molar-refractivity contribution is -0.141. The number of esters is 1. The van der Waals surface area contributed by atoms with Crippen LogP contribution >= 0.6 is 22.9 Å². The molecule has 1 heterocycles. The second-order valence-corrected chi connectivity index (χ2v) is 5.95. The van der Waals surface area contributed by atoms with E-state index < -0.39 is 29.6 Å². The molecular weight excluding hydrogens is 348 g/mol. The third-order valence-electron chi connectivity index (χ3n) is 3.05. The van der Waals surface area contributed by atoms with E-state index >= 15 is 0 Å². The van der Waals surface area contributed by atoms with Crippen molar-refractivity contribution in [2.24, 2.45) is 0 Å². The van der Waals surface area contributed by atoms with E-state index in [2.05, 4.69) is 10.1 Å². The number of nitrogens with one attached hydrogen (secondary N) is 1. The molecule has 2 aromatic rings. The van der Waals surface area contributed by atoms with Gasteiger partial charge in [-0.2, -0.15) is 0 Å². The van der Waals surface area contributed by atoms with Crippen LogP contribution in [0.1, 0.15) is 27.7 Å². The van der Waals surface area contributed by atoms with Crippen molar-refractivity contribution in [1.82, 2.24) is 5.32 Å². The molecule has 2 rings (SSSR count). The van der Waals surface area contributed by atoms with Crippen LogP contribution in [0.4, 0.5) is 8.78 Å². The lowest BCUT2D eigenvalue weighted by atomic mass is 10.1. The number of ether oxygens (including phenoxy) is 1. The molecule has 0 aliphatic rings. The Kier molecular flexibility index (Phi) is 5.68. The molecule has 1 amide bonds. The van der Waals surface area contributed by atoms with Gasteiger partial charge in [-0.25, -0.2) is 8.78 Å². The minimum absolute atomic E-state index is 0.0932. The van der Waals surface area contributed by atoms with Gasteiger partial charge in [0.05, 0.1) is 30.2 Å². The van der Waals surface area contributed by atoms with E-state index in [0.29, 0.717) is 0 Å². The van der Waals surface area contributed by atoms with Crippen LogP contribution in [0, 0.1) is 11.6 Å². The van der Waals surface area contributed by atoms with Crippen molar-refractivity contribution in [1.29, 1.82) is 0 Å². The average molecular weight is 360 g/mol. The SMILES string of the molecule is COC(=O)C[C@@H](NC(=O)c1cc(F)c(F)cc1Cl)c1cccs1. The van der Waals surface area contributed by atoms with Gasteiger partial charge in [0, 0.05) is 4.88 Å². The van der Waals surface area contributed by atoms with Gasteiger partial charge in [0.1, 0.15) is 0 Å². The summed E-state index contributed by atoms with van der Waals surface area (Å²) in [6, 6.07) is 4.30. The highest BCUT2D eigenvalue weighted by Crippen LogP contribution is 2.25. The first-order valence-electron chi connectivity index (χ1n) is 6.48. The van der Waals surface area contributed by atoms with Crippen LogP contribution in [-0.4, -0.2) is 19.0 Å². The number of thiophene rings is 1. The number of carbonyl (C=O) groups is 2. The molecule has 122 valence electrons. The zero-order valence-electron chi connectivity index (χ0n) is 11.9. The van der Waals surface area contributed by atoms with Crippen LogP contribution < -0.4 is 5.32 Å². The number of amides is 1. The highest BCUT2D eigenvalue weighted by Gasteiger charge is 2.22. The molecule has 0 fully saturated rings. The quantitative estimate of drug-likeness (QED) is 0.654. The zero-order chi connectivity index (χ0) is 17.0. The lowest BCUT2D eigenvalue weighted by Gasteiger charge is -2.17. The first kappa shape index (κ1) is 17.4. The third-order valence-corrected chi connectivity index (χ3v) is 4.34. The van der Waals surface area contributed by atoms with Crippen LogP contribution in [0.5, 0.6) is 0 Å². The normalized spacial score (nSPS) is 11.8. The van der Waals surface area contributed by atoms with Gasteiger partial charge in [0.2, 0.25) is 0 Å². The molecule has 0 saturated heterocycles. The Morgan fingerprint density at radius 3 is 2.65 bits per heavy atom. The predicted molar refractivity (Wildman–Crippen MR) is 82.5 cm³/mol. The third kappa shape index (κ3) is 4.27. The number of benzene rings is 1. The molecular formula is C15H12ClF2NO3S. The summed E-state index contributed by atoms with van der Waals surface area (Å²) < 4.78 is 31.0. The first-order valence-corrected chi connectivity index (χ1v) is 7.73. The topological polar surface area (TPSA) is 55.4 Å². The Balaban J connectivity index is 2.24. The number of halogens is 3. The molecule has 23 heavy (non-hydrogen) atoms. The summed E-state index contributed by atoms with van der Waals surface area (Å²) in [4.78, 5) is 24.5. The van der Waals surface area contributed by atoms with Crippen molar-refractivity contribution in [3.63, 3.8) is 0 Å². The van der Waals surface area contributed by atoms with Gasteiger partial charge in [0.25, 0.3) is 5.91 Å². The van der Waals surface area contributed by atoms with Gasteiger partial charge in [-0.05, 0) is 23.6 Å². The fourth-order valence-electron chi connectivity index (χ4n) is 1.89. The molecule has 0 unspecified atom stereocenters. The standard InChI is InChI=1S/C15H12ClF2NO3S/c1-22-14(20)7-12(13-3-2-4-23-13)19-15(21)8-5-10(17)11(18)6-9(8)16/h2-6,12H,7H2,1H3,(H,19,21)/t12-/m1/s1. The minimum Gasteiger partial charge on any atom is -0.469 e. The summed E-state index contributed by atoms with van der Waals surface area (Å²) in [5.41, 5.74) is -0.211. The van der Waals surface area contributed by atoms with Gasteiger partial charge in [0.15, 0.2) is 11.6 Å². The monoisotopic (exact) mass is 359 g/mol. The molecule has 0 aliphatic carbocycles. The van der Waals surface area contributed by atoms with Crippen molar-refractivity contribution in [3.05, 3.63) is 56.7 Å². The zero-order valence-corrected chi connectivity index (χ0v) is 13.5. The van der Waals surface area contributed by atoms with Crippen LogP contribution in [0.3, 0.4) is 0 Å². The highest BCUT2D eigenvalue weighted by molar-refractivity contribution is 7.10. The number of hydrogen-bond donors (Lipinski definition) is 1. The minimum atomic E-state index is -1.18. The smallest absolute Gasteiger partial charge is 0.307 e. The Morgan fingerprint density at radius 2 is 2.04 bits per heavy atom. The number of methoxy groups -OCH3 is 1. The second kappa shape index (κ2) is 7.52. The average Bonchev–Trinajstić information content (AvgIpc) is 3.04. The van der Waals surface area contributed by atoms with E-state index in [1.54, 1.807) is 17.5 Å². The van der Waals surface area contributed by atoms with E-state index in [9.17, 15) is 18.4 Å². The van der Waals surface area contributed by atoms with E-state index in [4.69, 9.17) is 11.6 Å². The Morgan fingerprint density at radius 1 is 1.35 bits per heavy atom. The number of carbonyl (C=O) groups excluding carboxylic acids is 2. The maximum Gasteiger partial charge on any atom is 0.307 e. The van der Waals surface area contributed by atoms with E-state index in [-0.39, 0.29) is 17.0 Å². The molecule has 1 aromatic heterocycles. The van der Waals surface area contributed by atoms with Gasteiger partial charge in [-0.15, -0.1) is 11.3 Å². The van der Waals surface area contributed by atoms with Crippen molar-refractivity contribution >= 4 is 34.8 Å². The van der Waals surface area contributed by atoms with Crippen molar-refractivity contribution < 1.29 is 23.1 Å². The van der Waals surface area contributed by atoms with Crippen molar-refractivity contribution in [3.8, 4) is 0 Å². The molecule has 0 bridgehead atoms. The largest absolute Gasteiger partial charge is 0.469 e. The van der Waals surface area contributed by atoms with Crippen LogP contribution in [0.2, 0.25) is 5.02 Å². The summed E-state index contributed by atoms with van der Waals surface area (Å²) in [6.07, 6.45) is -0.0932. The Labute approximate surface area is 140 Å². The fourth-order valence-corrected chi connectivity index (χ4v) is 2.91. The van der Waals surface area contributed by atoms with E-state index in [0.717, 1.165) is 17.0 Å². The van der Waals surface area contributed by atoms with Crippen molar-refractivity contribution in [2.75, 3.05) is 7.11 Å². The summed E-state index contributed by atoms with van der Waals surface area (Å²) in [6.45, 7) is 0. The summed E-state index contributed by atoms with van der Waals surface area (Å²) in [5, 5.41) is 4.16. The second-order valence-electron chi connectivity index (χ2n) is 4.57. The summed E-state index contributed by atoms with van der Waals surface area (Å²) in [7, 11) is 1.24. The summed E-state index contributed by atoms with van der Waals surface area (Å²) >= 11 is 7.12. The molecule has 0 saturated carbocycles. The van der Waals surface area contributed by atoms with Crippen molar-refractivity contribution in [2.45, 2.75) is 12.5 Å². The molecule has 1 atom stereocenters. The van der Waals surface area contributed by atoms with Gasteiger partial charge in [-0.3, -0.25) is 9.59 Å². The van der Waals surface area contributed by atoms with Gasteiger partial charge < -0.3 is 10.1 Å². The predicted octanol–water partition coefficient (Wildman–Crippen LogP) is 3.71. The number of hydrogen-bond acceptors (Lipinski definition) is 4. The molecule has 0 radical (unpaired) electrons. The molecule has 4 nitrogen and oxygen atoms in total. The van der Waals surface area contributed by atoms with Crippen LogP contribution in [0.25, 0.3) is 0 Å². The highest BCUT2D eigenvalue weighted by atomic mass is 35.5. The van der Waals surface area contributed by atoms with Crippen LogP contribution in [0.15, 0.2) is 29.6 Å². The van der Waals surface area contributed by atoms with Gasteiger partial charge >= 0.3 is 5.97 Å². The fraction of sp³-hybridized carbons (Fsp3) is 0.200. The Bertz CT molecular complexity index is 722. The van der Waals surface area contributed by atoms with Gasteiger partial charge in [-0.1, -0.05) is 17.7 Å². The first-order chi connectivity index (χ1) is 10.9. The lowest BCUT2D eigenvalue weighted by Crippen LogP contribution is -2.30.